The molecular weight excluding hydrogens is 1350 g/mol. The highest BCUT2D eigenvalue weighted by Gasteiger charge is 2.56. The predicted molar refractivity (Wildman–Crippen MR) is 402 cm³/mol. The fourth-order valence-corrected chi connectivity index (χ4v) is 15.9. The van der Waals surface area contributed by atoms with Gasteiger partial charge in [0, 0.05) is 98.9 Å². The van der Waals surface area contributed by atoms with Crippen LogP contribution >= 0.6 is 0 Å². The number of H-pyrrole nitrogens is 5. The van der Waals surface area contributed by atoms with Crippen molar-refractivity contribution in [2.75, 3.05) is 42.7 Å². The number of aromatic nitrogens is 5. The summed E-state index contributed by atoms with van der Waals surface area (Å²) in [4.78, 5) is 130. The Hall–Kier alpha value is -11.8. The van der Waals surface area contributed by atoms with E-state index in [2.05, 4.69) is 43.4 Å². The van der Waals surface area contributed by atoms with Crippen molar-refractivity contribution in [1.82, 2.24) is 30.2 Å². The number of ether oxygens (including phenoxy) is 6. The van der Waals surface area contributed by atoms with Crippen molar-refractivity contribution in [3.63, 3.8) is 0 Å². The molecule has 24 heteroatoms. The molecule has 5 aliphatic heterocycles. The largest absolute Gasteiger partial charge is 0.481 e. The van der Waals surface area contributed by atoms with Gasteiger partial charge in [0.05, 0.1) is 93.5 Å². The van der Waals surface area contributed by atoms with Crippen molar-refractivity contribution in [2.45, 2.75) is 119 Å². The highest BCUT2D eigenvalue weighted by molar-refractivity contribution is 6.22. The zero-order chi connectivity index (χ0) is 76.7. The first kappa shape index (κ1) is 75.3. The number of nitrogens with one attached hydrogen (secondary N) is 6. The number of nitrogens with zero attached hydrogens (tertiary/aromatic N) is 2. The number of aliphatic carboxylic acids is 2. The first-order valence-electron chi connectivity index (χ1n) is 34.8. The van der Waals surface area contributed by atoms with Crippen LogP contribution in [0.3, 0.4) is 0 Å². The molecule has 552 valence electrons. The fraction of sp³-hybridized carbons (Fsp3) is 0.341. The Labute approximate surface area is 612 Å². The smallest absolute Gasteiger partial charge is 0.334 e. The van der Waals surface area contributed by atoms with Crippen LogP contribution in [0.4, 0.5) is 0 Å². The highest BCUT2D eigenvalue weighted by Crippen LogP contribution is 2.55. The number of carbonyl (C=O) groups is 8. The molecular formula is C82H88N8O16. The van der Waals surface area contributed by atoms with Gasteiger partial charge in [-0.25, -0.2) is 9.59 Å². The van der Waals surface area contributed by atoms with E-state index in [0.29, 0.717) is 70.1 Å². The number of rotatable bonds is 18. The molecule has 2 aliphatic carbocycles. The average Bonchev–Trinajstić information content (AvgIpc) is 1.58. The second kappa shape index (κ2) is 30.1. The second-order valence-electron chi connectivity index (χ2n) is 27.5. The van der Waals surface area contributed by atoms with Gasteiger partial charge in [0.2, 0.25) is 0 Å². The third-order valence-electron chi connectivity index (χ3n) is 22.0. The molecule has 0 amide bonds. The van der Waals surface area contributed by atoms with E-state index in [1.807, 2.05) is 116 Å². The normalized spacial score (nSPS) is 20.0. The van der Waals surface area contributed by atoms with Crippen molar-refractivity contribution in [1.29, 1.82) is 0 Å². The lowest BCUT2D eigenvalue weighted by Gasteiger charge is -2.37. The number of carboxylic acids is 2. The summed E-state index contributed by atoms with van der Waals surface area (Å²) in [5, 5.41) is 25.7. The van der Waals surface area contributed by atoms with E-state index < -0.39 is 58.5 Å². The number of hydrogen-bond acceptors (Lipinski definition) is 17. The molecule has 12 rings (SSSR count). The Morgan fingerprint density at radius 1 is 0.491 bits per heavy atom. The highest BCUT2D eigenvalue weighted by atomic mass is 16.5. The van der Waals surface area contributed by atoms with E-state index in [0.717, 1.165) is 118 Å². The van der Waals surface area contributed by atoms with Gasteiger partial charge in [-0.2, -0.15) is 0 Å². The van der Waals surface area contributed by atoms with Gasteiger partial charge >= 0.3 is 47.8 Å². The summed E-state index contributed by atoms with van der Waals surface area (Å²) < 4.78 is 30.8. The standard InChI is InChI=1S/2C41H44N4O8/c1-9-23-20(2)29-17-34-27-13-10-26(39(49)52-7)38(40(50)53-8)41(27,5)35(45-34)19-30-22(4)24(11-14-36(46)47)32(44-30)18-33-25(12-15-37(48)51-6)21(3)28(43-33)16-31(23)42-29;1-9-23-20(2)29-17-34-27-13-10-26(39(49)52-7)38(40(50)53-8)41(27,5)35(45-34)19-30-22(4)25(12-15-37(48)51-6)33(44-30)18-32-24(11-14-36(46)47)21(3)28(43-32)16-31(23)42-29/h9-10,13,17-19,38,42-44H,1,11-12,14-16H2,2-8H3,(H,46,47);9-10,13,16-19,32,38,42-44H,1,11-12,14-15H2,2-8H3,(H,46,47). The Bertz CT molecular complexity index is 5280. The molecule has 0 saturated carbocycles. The SMILES string of the molecule is C=Cc1c2[nH]c(c1C)C=C1N=C(C=c3[nH]c(c(CCC(=O)O)c3C)=Cc3[nH]c(c(C)c3CCC(=O)OC)C2)C2(C)C1=CC=C(C(=O)OC)C2C(=O)OC.C=Cc1c2[nH]c(c1C)C=C1N=C(C=c3[nH]c(c(CCC(=O)OC)c3C)=CC3NC(=C2)C(C)=C3CCC(=O)O)C2(C)C1=CC=C(C(=O)OC)C2C(=O)OC. The van der Waals surface area contributed by atoms with E-state index in [-0.39, 0.29) is 61.2 Å². The predicted octanol–water partition coefficient (Wildman–Crippen LogP) is 8.31. The van der Waals surface area contributed by atoms with Gasteiger partial charge in [0.1, 0.15) is 11.8 Å². The van der Waals surface area contributed by atoms with Crippen LogP contribution in [0.1, 0.15) is 143 Å². The zero-order valence-corrected chi connectivity index (χ0v) is 62.0. The summed E-state index contributed by atoms with van der Waals surface area (Å²) >= 11 is 0. The quantitative estimate of drug-likeness (QED) is 0.0302. The number of aliphatic imine (C=N–C) groups is 2. The number of methoxy groups -OCH3 is 6. The summed E-state index contributed by atoms with van der Waals surface area (Å²) in [5.74, 6) is -7.21. The molecule has 5 unspecified atom stereocenters. The van der Waals surface area contributed by atoms with E-state index in [9.17, 15) is 48.6 Å². The van der Waals surface area contributed by atoms with Gasteiger partial charge in [-0.05, 0) is 196 Å². The number of carbonyl (C=O) groups excluding carboxylic acids is 6. The number of allylic oxidation sites excluding steroid dienone is 7. The third kappa shape index (κ3) is 13.5. The Morgan fingerprint density at radius 2 is 0.962 bits per heavy atom. The van der Waals surface area contributed by atoms with Crippen molar-refractivity contribution in [3.8, 4) is 0 Å². The third-order valence-corrected chi connectivity index (χ3v) is 22.0. The zero-order valence-electron chi connectivity index (χ0n) is 62.0. The maximum absolute atomic E-state index is 13.7. The topological polar surface area (TPSA) is 348 Å². The first-order chi connectivity index (χ1) is 50.5. The fourth-order valence-electron chi connectivity index (χ4n) is 15.9. The number of hydrogen-bond donors (Lipinski definition) is 8. The van der Waals surface area contributed by atoms with Crippen LogP contribution in [0.2, 0.25) is 0 Å². The number of esters is 6. The summed E-state index contributed by atoms with van der Waals surface area (Å²) in [6.45, 7) is 23.8. The lowest BCUT2D eigenvalue weighted by atomic mass is 9.63. The molecule has 5 atom stereocenters. The molecule has 0 aromatic carbocycles. The lowest BCUT2D eigenvalue weighted by molar-refractivity contribution is -0.149. The first-order valence-corrected chi connectivity index (χ1v) is 34.8. The molecule has 0 spiro atoms. The second-order valence-corrected chi connectivity index (χ2v) is 27.5. The lowest BCUT2D eigenvalue weighted by Crippen LogP contribution is -2.44. The van der Waals surface area contributed by atoms with Gasteiger partial charge in [-0.3, -0.25) is 38.8 Å². The van der Waals surface area contributed by atoms with Crippen LogP contribution in [-0.4, -0.2) is 143 Å². The van der Waals surface area contributed by atoms with E-state index >= 15 is 0 Å². The molecule has 0 radical (unpaired) electrons. The summed E-state index contributed by atoms with van der Waals surface area (Å²) in [6.07, 6.45) is 26.1. The van der Waals surface area contributed by atoms with Gasteiger partial charge in [-0.15, -0.1) is 0 Å². The number of fused-ring (bicyclic) bond motifs is 20. The van der Waals surface area contributed by atoms with Gasteiger partial charge in [-0.1, -0.05) is 49.6 Å². The maximum Gasteiger partial charge on any atom is 0.334 e. The average molecular weight is 1440 g/mol. The van der Waals surface area contributed by atoms with Crippen molar-refractivity contribution >= 4 is 114 Å². The molecule has 16 bridgehead atoms. The minimum atomic E-state index is -1.16. The Morgan fingerprint density at radius 3 is 1.46 bits per heavy atom. The molecule has 0 saturated heterocycles. The van der Waals surface area contributed by atoms with Crippen LogP contribution in [0, 0.1) is 57.3 Å². The summed E-state index contributed by atoms with van der Waals surface area (Å²) in [6, 6.07) is -0.365. The van der Waals surface area contributed by atoms with Gasteiger partial charge in [0.25, 0.3) is 0 Å². The molecule has 10 heterocycles. The van der Waals surface area contributed by atoms with E-state index in [1.54, 1.807) is 18.2 Å². The maximum atomic E-state index is 13.7. The molecule has 0 fully saturated rings. The molecule has 106 heavy (non-hydrogen) atoms. The van der Waals surface area contributed by atoms with E-state index in [4.69, 9.17) is 38.4 Å². The Kier molecular flexibility index (Phi) is 21.4. The monoisotopic (exact) mass is 1440 g/mol. The van der Waals surface area contributed by atoms with Crippen LogP contribution in [0.25, 0.3) is 54.7 Å². The molecule has 24 nitrogen and oxygen atoms in total. The van der Waals surface area contributed by atoms with Crippen molar-refractivity contribution in [3.05, 3.63) is 199 Å². The van der Waals surface area contributed by atoms with Gasteiger partial charge < -0.3 is 68.9 Å². The van der Waals surface area contributed by atoms with Crippen LogP contribution in [0.5, 0.6) is 0 Å². The summed E-state index contributed by atoms with van der Waals surface area (Å²) in [7, 11) is 7.83. The number of aromatic amines is 5. The van der Waals surface area contributed by atoms with Crippen molar-refractivity contribution in [2.24, 2.45) is 32.7 Å². The van der Waals surface area contributed by atoms with E-state index in [1.165, 1.54) is 42.7 Å². The van der Waals surface area contributed by atoms with Crippen LogP contribution < -0.4 is 26.7 Å². The van der Waals surface area contributed by atoms with Crippen LogP contribution in [0.15, 0.2) is 98.0 Å². The number of carboxylic acid groups (broad SMARTS) is 2. The van der Waals surface area contributed by atoms with Crippen LogP contribution in [-0.2, 0) is 92.5 Å². The minimum Gasteiger partial charge on any atom is -0.481 e. The minimum absolute atomic E-state index is 0.0428. The summed E-state index contributed by atoms with van der Waals surface area (Å²) in [5.41, 5.74) is 18.3. The van der Waals surface area contributed by atoms with Gasteiger partial charge in [0.15, 0.2) is 0 Å². The van der Waals surface area contributed by atoms with Crippen molar-refractivity contribution < 1.29 is 77.0 Å². The molecule has 8 N–H and O–H groups in total. The molecule has 5 aromatic heterocycles. The molecule has 7 aliphatic rings. The molecule has 5 aromatic rings. The Balaban J connectivity index is 0.000000212.